The predicted octanol–water partition coefficient (Wildman–Crippen LogP) is 5.20. The first-order valence-corrected chi connectivity index (χ1v) is 3.49. The van der Waals surface area contributed by atoms with Crippen molar-refractivity contribution in [2.75, 3.05) is 0 Å². The average molecular weight is 406 g/mol. The molecule has 0 atom stereocenters. The third kappa shape index (κ3) is 48900. The van der Waals surface area contributed by atoms with Crippen LogP contribution < -0.4 is 0 Å². The molecule has 0 fully saturated rings. The Labute approximate surface area is 116 Å². The van der Waals surface area contributed by atoms with Crippen LogP contribution in [-0.4, -0.2) is 29.0 Å². The van der Waals surface area contributed by atoms with Gasteiger partial charge in [-0.3, -0.25) is 0 Å². The summed E-state index contributed by atoms with van der Waals surface area (Å²) in [6.07, 6.45) is 0. The van der Waals surface area contributed by atoms with Crippen LogP contribution in [0.1, 0.15) is 0 Å². The molecule has 0 saturated heterocycles. The van der Waals surface area contributed by atoms with E-state index < -0.39 is 29.0 Å². The second-order valence-electron chi connectivity index (χ2n) is 1.98. The van der Waals surface area contributed by atoms with Crippen LogP contribution in [-0.2, 0) is 16.8 Å². The summed E-state index contributed by atoms with van der Waals surface area (Å²) in [6, 6.07) is 0. The number of hydrogen-bond acceptors (Lipinski definition) is 0. The normalized spacial score (nSPS) is 11.4. The Morgan fingerprint density at radius 1 is 0.238 bits per heavy atom. The van der Waals surface area contributed by atoms with Gasteiger partial charge in [0.25, 0.3) is 0 Å². The summed E-state index contributed by atoms with van der Waals surface area (Å²) < 4.78 is 156. The van der Waals surface area contributed by atoms with Gasteiger partial charge in [0, 0.05) is 16.8 Å². The van der Waals surface area contributed by atoms with Gasteiger partial charge in [0.05, 0.1) is 0 Å². The fourth-order valence-corrected chi connectivity index (χ4v) is 0. The molecular weight excluding hydrogens is 406 g/mol. The van der Waals surface area contributed by atoms with E-state index >= 15 is 0 Å². The van der Waals surface area contributed by atoms with Gasteiger partial charge in [-0.25, -0.2) is 0 Å². The molecule has 0 aliphatic rings. The van der Waals surface area contributed by atoms with E-state index in [0.717, 1.165) is 0 Å². The SMILES string of the molecule is F[B-](F)(F)F.F[B-](F)(F)F.F[B-](F)(F)F.F[B-](F)(F)F.[Co]. The van der Waals surface area contributed by atoms with Gasteiger partial charge >= 0.3 is 29.0 Å². The van der Waals surface area contributed by atoms with Crippen molar-refractivity contribution in [3.8, 4) is 0 Å². The van der Waals surface area contributed by atoms with E-state index in [0.29, 0.717) is 0 Å². The zero-order valence-corrected chi connectivity index (χ0v) is 9.73. The molecule has 0 rings (SSSR count). The first-order chi connectivity index (χ1) is 8.00. The van der Waals surface area contributed by atoms with E-state index in [-0.39, 0.29) is 16.8 Å². The van der Waals surface area contributed by atoms with E-state index in [9.17, 15) is 69.1 Å². The monoisotopic (exact) mass is 407 g/mol. The van der Waals surface area contributed by atoms with Gasteiger partial charge in [0.15, 0.2) is 0 Å². The molecule has 137 valence electrons. The molecule has 0 aliphatic carbocycles. The molecule has 0 aromatic heterocycles. The average Bonchev–Trinajstić information content (AvgIpc) is 1.62. The minimum absolute atomic E-state index is 0. The van der Waals surface area contributed by atoms with Crippen LogP contribution >= 0.6 is 0 Å². The third-order valence-electron chi connectivity index (χ3n) is 0. The van der Waals surface area contributed by atoms with Gasteiger partial charge in [0.2, 0.25) is 0 Å². The minimum Gasteiger partial charge on any atom is -0.418 e. The summed E-state index contributed by atoms with van der Waals surface area (Å²) in [6.45, 7) is 0. The molecule has 0 nitrogen and oxygen atoms in total. The third-order valence-corrected chi connectivity index (χ3v) is 0. The zero-order chi connectivity index (χ0) is 18.0. The van der Waals surface area contributed by atoms with E-state index in [2.05, 4.69) is 0 Å². The summed E-state index contributed by atoms with van der Waals surface area (Å²) in [7, 11) is -24.0. The summed E-state index contributed by atoms with van der Waals surface area (Å²) in [5.41, 5.74) is 0. The summed E-state index contributed by atoms with van der Waals surface area (Å²) in [5.74, 6) is 0. The quantitative estimate of drug-likeness (QED) is 0.384. The van der Waals surface area contributed by atoms with Crippen molar-refractivity contribution in [3.05, 3.63) is 0 Å². The van der Waals surface area contributed by atoms with E-state index in [1.54, 1.807) is 0 Å². The topological polar surface area (TPSA) is 0 Å². The first kappa shape index (κ1) is 32.6. The second kappa shape index (κ2) is 12.2. The Kier molecular flexibility index (Phi) is 18.9. The van der Waals surface area contributed by atoms with Crippen molar-refractivity contribution >= 4 is 29.0 Å². The number of hydrogen-bond donors (Lipinski definition) is 0. The van der Waals surface area contributed by atoms with Crippen LogP contribution in [0.15, 0.2) is 0 Å². The van der Waals surface area contributed by atoms with Gasteiger partial charge in [-0.05, 0) is 0 Å². The molecule has 0 saturated carbocycles. The largest absolute Gasteiger partial charge is 0.673 e. The second-order valence-corrected chi connectivity index (χ2v) is 1.98. The van der Waals surface area contributed by atoms with Gasteiger partial charge in [-0.15, -0.1) is 0 Å². The first-order valence-electron chi connectivity index (χ1n) is 3.49. The van der Waals surface area contributed by atoms with Crippen LogP contribution in [0.2, 0.25) is 0 Å². The molecule has 0 amide bonds. The van der Waals surface area contributed by atoms with Crippen LogP contribution in [0.5, 0.6) is 0 Å². The van der Waals surface area contributed by atoms with Gasteiger partial charge in [0.1, 0.15) is 0 Å². The van der Waals surface area contributed by atoms with Gasteiger partial charge < -0.3 is 69.1 Å². The van der Waals surface area contributed by atoms with Gasteiger partial charge in [-0.1, -0.05) is 0 Å². The fraction of sp³-hybridized carbons (Fsp3) is 0. The Morgan fingerprint density at radius 2 is 0.238 bits per heavy atom. The molecule has 0 spiro atoms. The zero-order valence-electron chi connectivity index (χ0n) is 8.69. The maximum Gasteiger partial charge on any atom is 0.673 e. The van der Waals surface area contributed by atoms with Crippen LogP contribution in [0.4, 0.5) is 69.1 Å². The standard InChI is InChI=1S/4BF4.Co/c4*2-1(3,4)5;/q4*-1;. The van der Waals surface area contributed by atoms with Crippen molar-refractivity contribution in [1.29, 1.82) is 0 Å². The molecule has 0 aliphatic heterocycles. The maximum atomic E-state index is 9.75. The van der Waals surface area contributed by atoms with E-state index in [1.807, 2.05) is 0 Å². The summed E-state index contributed by atoms with van der Waals surface area (Å²) >= 11 is 0. The van der Waals surface area contributed by atoms with Crippen LogP contribution in [0, 0.1) is 0 Å². The minimum atomic E-state index is -6.00. The van der Waals surface area contributed by atoms with Crippen LogP contribution in [0.25, 0.3) is 0 Å². The maximum absolute atomic E-state index is 9.75. The van der Waals surface area contributed by atoms with Gasteiger partial charge in [-0.2, -0.15) is 0 Å². The molecular formula is B4CoF16-4. The van der Waals surface area contributed by atoms with Crippen molar-refractivity contribution in [1.82, 2.24) is 0 Å². The predicted molar refractivity (Wildman–Crippen MR) is 40.7 cm³/mol. The fourth-order valence-electron chi connectivity index (χ4n) is 0. The molecule has 0 N–H and O–H groups in total. The van der Waals surface area contributed by atoms with Crippen molar-refractivity contribution < 1.29 is 85.8 Å². The summed E-state index contributed by atoms with van der Waals surface area (Å²) in [5, 5.41) is 0. The molecule has 0 heterocycles. The molecule has 0 aromatic carbocycles. The number of rotatable bonds is 0. The Hall–Kier alpha value is -0.354. The van der Waals surface area contributed by atoms with Crippen molar-refractivity contribution in [2.45, 2.75) is 0 Å². The molecule has 0 unspecified atom stereocenters. The smallest absolute Gasteiger partial charge is 0.418 e. The van der Waals surface area contributed by atoms with Crippen LogP contribution in [0.3, 0.4) is 0 Å². The molecule has 0 aromatic rings. The van der Waals surface area contributed by atoms with Crippen molar-refractivity contribution in [2.24, 2.45) is 0 Å². The molecule has 1 radical (unpaired) electrons. The molecule has 21 heteroatoms. The van der Waals surface area contributed by atoms with Crippen molar-refractivity contribution in [3.63, 3.8) is 0 Å². The molecule has 0 bridgehead atoms. The summed E-state index contributed by atoms with van der Waals surface area (Å²) in [4.78, 5) is 0. The molecule has 21 heavy (non-hydrogen) atoms. The Balaban J connectivity index is -0.0000000533. The Morgan fingerprint density at radius 3 is 0.238 bits per heavy atom. The van der Waals surface area contributed by atoms with E-state index in [1.165, 1.54) is 0 Å². The van der Waals surface area contributed by atoms with E-state index in [4.69, 9.17) is 0 Å². The number of halogens is 16. The Bertz CT molecular complexity index is 130.